The van der Waals surface area contributed by atoms with E-state index in [9.17, 15) is 9.59 Å². The van der Waals surface area contributed by atoms with Crippen LogP contribution in [-0.4, -0.2) is 22.4 Å². The fraction of sp³-hybridized carbons (Fsp3) is 0.227. The largest absolute Gasteiger partial charge is 0.356 e. The van der Waals surface area contributed by atoms with E-state index in [4.69, 9.17) is 11.6 Å². The monoisotopic (exact) mass is 395 g/mol. The van der Waals surface area contributed by atoms with E-state index < -0.39 is 0 Å². The normalized spacial score (nSPS) is 11.8. The first-order chi connectivity index (χ1) is 13.5. The Morgan fingerprint density at radius 2 is 1.79 bits per heavy atom. The molecule has 144 valence electrons. The Hall–Kier alpha value is -2.92. The zero-order valence-electron chi connectivity index (χ0n) is 15.6. The molecule has 28 heavy (non-hydrogen) atoms. The summed E-state index contributed by atoms with van der Waals surface area (Å²) >= 11 is 6.01. The molecule has 0 radical (unpaired) electrons. The number of hydrogen-bond acceptors (Lipinski definition) is 3. The molecule has 0 fully saturated rings. The number of aromatic nitrogens is 2. The Morgan fingerprint density at radius 3 is 2.46 bits per heavy atom. The number of benzene rings is 2. The summed E-state index contributed by atoms with van der Waals surface area (Å²) in [5, 5.41) is 3.60. The number of rotatable bonds is 7. The molecule has 3 aromatic rings. The second-order valence-corrected chi connectivity index (χ2v) is 7.08. The predicted molar refractivity (Wildman–Crippen MR) is 111 cm³/mol. The van der Waals surface area contributed by atoms with Gasteiger partial charge < -0.3 is 10.3 Å². The van der Waals surface area contributed by atoms with Crippen LogP contribution < -0.4 is 10.9 Å². The summed E-state index contributed by atoms with van der Waals surface area (Å²) in [5.41, 5.74) is 2.60. The van der Waals surface area contributed by atoms with Gasteiger partial charge in [0.2, 0.25) is 5.91 Å². The molecule has 6 heteroatoms. The highest BCUT2D eigenvalue weighted by Crippen LogP contribution is 2.28. The average Bonchev–Trinajstić information content (AvgIpc) is 2.67. The van der Waals surface area contributed by atoms with Crippen molar-refractivity contribution in [2.24, 2.45) is 0 Å². The van der Waals surface area contributed by atoms with Crippen LogP contribution in [-0.2, 0) is 11.2 Å². The van der Waals surface area contributed by atoms with Gasteiger partial charge in [0.05, 0.1) is 0 Å². The van der Waals surface area contributed by atoms with Gasteiger partial charge in [-0.3, -0.25) is 9.59 Å². The lowest BCUT2D eigenvalue weighted by molar-refractivity contribution is -0.121. The van der Waals surface area contributed by atoms with Crippen molar-refractivity contribution in [3.63, 3.8) is 0 Å². The van der Waals surface area contributed by atoms with Crippen LogP contribution >= 0.6 is 11.6 Å². The molecule has 0 saturated carbocycles. The van der Waals surface area contributed by atoms with Gasteiger partial charge in [-0.25, -0.2) is 4.98 Å². The molecule has 2 N–H and O–H groups in total. The topological polar surface area (TPSA) is 74.8 Å². The smallest absolute Gasteiger partial charge is 0.251 e. The minimum absolute atomic E-state index is 0.0506. The van der Waals surface area contributed by atoms with Crippen molar-refractivity contribution in [3.05, 3.63) is 98.7 Å². The summed E-state index contributed by atoms with van der Waals surface area (Å²) in [6.45, 7) is 2.16. The molecular formula is C22H22ClN3O2. The second kappa shape index (κ2) is 9.33. The summed E-state index contributed by atoms with van der Waals surface area (Å²) in [7, 11) is 0. The van der Waals surface area contributed by atoms with Crippen LogP contribution in [0.25, 0.3) is 0 Å². The fourth-order valence-corrected chi connectivity index (χ4v) is 3.29. The number of H-pyrrole nitrogens is 1. The molecule has 1 unspecified atom stereocenters. The molecule has 1 amide bonds. The summed E-state index contributed by atoms with van der Waals surface area (Å²) in [6.07, 6.45) is 0.834. The van der Waals surface area contributed by atoms with Gasteiger partial charge in [0.1, 0.15) is 5.82 Å². The Kier molecular flexibility index (Phi) is 6.61. The number of aromatic amines is 1. The van der Waals surface area contributed by atoms with Crippen LogP contribution in [0.5, 0.6) is 0 Å². The maximum Gasteiger partial charge on any atom is 0.251 e. The van der Waals surface area contributed by atoms with Crippen molar-refractivity contribution in [1.82, 2.24) is 15.3 Å². The fourth-order valence-electron chi connectivity index (χ4n) is 3.17. The predicted octanol–water partition coefficient (Wildman–Crippen LogP) is 3.61. The Morgan fingerprint density at radius 1 is 1.11 bits per heavy atom. The molecule has 0 aliphatic rings. The second-order valence-electron chi connectivity index (χ2n) is 6.64. The van der Waals surface area contributed by atoms with Gasteiger partial charge in [0, 0.05) is 42.1 Å². The Balaban J connectivity index is 1.66. The van der Waals surface area contributed by atoms with Crippen molar-refractivity contribution in [1.29, 1.82) is 0 Å². The number of carbonyl (C=O) groups excluding carboxylic acids is 1. The van der Waals surface area contributed by atoms with Crippen LogP contribution in [0.1, 0.15) is 35.0 Å². The van der Waals surface area contributed by atoms with Gasteiger partial charge >= 0.3 is 0 Å². The maximum atomic E-state index is 12.6. The third kappa shape index (κ3) is 5.54. The van der Waals surface area contributed by atoms with Gasteiger partial charge in [0.15, 0.2) is 0 Å². The standard InChI is InChI=1S/C22H22ClN3O2/c1-15-25-19(13-22(28)26-15)11-12-24-21(27)14-20(16-5-3-2-4-6-16)17-7-9-18(23)10-8-17/h2-10,13,20H,11-12,14H2,1H3,(H,24,27)(H,25,26,28). The first-order valence-electron chi connectivity index (χ1n) is 9.15. The van der Waals surface area contributed by atoms with E-state index in [1.807, 2.05) is 54.6 Å². The summed E-state index contributed by atoms with van der Waals surface area (Å²) in [5.74, 6) is 0.462. The van der Waals surface area contributed by atoms with E-state index >= 15 is 0 Å². The van der Waals surface area contributed by atoms with Gasteiger partial charge in [-0.15, -0.1) is 0 Å². The highest BCUT2D eigenvalue weighted by atomic mass is 35.5. The minimum Gasteiger partial charge on any atom is -0.356 e. The van der Waals surface area contributed by atoms with Gasteiger partial charge in [-0.1, -0.05) is 54.1 Å². The van der Waals surface area contributed by atoms with Crippen LogP contribution in [0, 0.1) is 6.92 Å². The summed E-state index contributed by atoms with van der Waals surface area (Å²) < 4.78 is 0. The Labute approximate surface area is 168 Å². The van der Waals surface area contributed by atoms with E-state index in [-0.39, 0.29) is 17.4 Å². The van der Waals surface area contributed by atoms with Crippen molar-refractivity contribution in [3.8, 4) is 0 Å². The zero-order valence-corrected chi connectivity index (χ0v) is 16.4. The highest BCUT2D eigenvalue weighted by Gasteiger charge is 2.18. The third-order valence-corrected chi connectivity index (χ3v) is 4.73. The van der Waals surface area contributed by atoms with Gasteiger partial charge in [0.25, 0.3) is 5.56 Å². The summed E-state index contributed by atoms with van der Waals surface area (Å²) in [6, 6.07) is 19.0. The van der Waals surface area contributed by atoms with Crippen molar-refractivity contribution in [2.75, 3.05) is 6.54 Å². The average molecular weight is 396 g/mol. The Bertz CT molecular complexity index is 985. The zero-order chi connectivity index (χ0) is 19.9. The van der Waals surface area contributed by atoms with Crippen LogP contribution in [0.15, 0.2) is 65.5 Å². The van der Waals surface area contributed by atoms with Gasteiger partial charge in [-0.2, -0.15) is 0 Å². The molecule has 3 rings (SSSR count). The lowest BCUT2D eigenvalue weighted by atomic mass is 9.88. The molecule has 2 aromatic carbocycles. The SMILES string of the molecule is Cc1nc(CCNC(=O)CC(c2ccccc2)c2ccc(Cl)cc2)cc(=O)[nH]1. The van der Waals surface area contributed by atoms with Gasteiger partial charge in [-0.05, 0) is 30.2 Å². The quantitative estimate of drug-likeness (QED) is 0.641. The molecule has 1 atom stereocenters. The molecule has 0 saturated heterocycles. The van der Waals surface area contributed by atoms with E-state index in [0.717, 1.165) is 11.1 Å². The number of nitrogens with zero attached hydrogens (tertiary/aromatic N) is 1. The first-order valence-corrected chi connectivity index (χ1v) is 9.53. The minimum atomic E-state index is -0.180. The first kappa shape index (κ1) is 19.8. The number of halogens is 1. The summed E-state index contributed by atoms with van der Waals surface area (Å²) in [4.78, 5) is 31.0. The molecule has 1 aromatic heterocycles. The lowest BCUT2D eigenvalue weighted by Gasteiger charge is -2.18. The number of aryl methyl sites for hydroxylation is 1. The van der Waals surface area contributed by atoms with E-state index in [2.05, 4.69) is 15.3 Å². The van der Waals surface area contributed by atoms with Crippen molar-refractivity contribution < 1.29 is 4.79 Å². The molecule has 0 aliphatic heterocycles. The van der Waals surface area contributed by atoms with Crippen LogP contribution in [0.2, 0.25) is 5.02 Å². The number of nitrogens with one attached hydrogen (secondary N) is 2. The van der Waals surface area contributed by atoms with Crippen LogP contribution in [0.3, 0.4) is 0 Å². The molecule has 5 nitrogen and oxygen atoms in total. The van der Waals surface area contributed by atoms with E-state index in [0.29, 0.717) is 35.9 Å². The number of carbonyl (C=O) groups is 1. The third-order valence-electron chi connectivity index (χ3n) is 4.48. The number of hydrogen-bond donors (Lipinski definition) is 2. The molecule has 1 heterocycles. The highest BCUT2D eigenvalue weighted by molar-refractivity contribution is 6.30. The maximum absolute atomic E-state index is 12.6. The van der Waals surface area contributed by atoms with E-state index in [1.54, 1.807) is 6.92 Å². The van der Waals surface area contributed by atoms with E-state index in [1.165, 1.54) is 6.07 Å². The molecule has 0 bridgehead atoms. The van der Waals surface area contributed by atoms with Crippen LogP contribution in [0.4, 0.5) is 0 Å². The number of amides is 1. The van der Waals surface area contributed by atoms with Crippen molar-refractivity contribution >= 4 is 17.5 Å². The van der Waals surface area contributed by atoms with Crippen molar-refractivity contribution in [2.45, 2.75) is 25.7 Å². The molecular weight excluding hydrogens is 374 g/mol. The molecule has 0 spiro atoms. The lowest BCUT2D eigenvalue weighted by Crippen LogP contribution is -2.28. The molecule has 0 aliphatic carbocycles.